The van der Waals surface area contributed by atoms with Crippen LogP contribution in [0, 0.1) is 12.8 Å². The molecule has 1 aliphatic rings. The Labute approximate surface area is 197 Å². The normalized spacial score (nSPS) is 18.9. The van der Waals surface area contributed by atoms with E-state index in [1.807, 2.05) is 19.1 Å². The first kappa shape index (κ1) is 26.4. The average Bonchev–Trinajstić information content (AvgIpc) is 2.76. The van der Waals surface area contributed by atoms with Gasteiger partial charge in [-0.15, -0.1) is 0 Å². The van der Waals surface area contributed by atoms with Crippen LogP contribution in [0.5, 0.6) is 0 Å². The van der Waals surface area contributed by atoms with Crippen LogP contribution in [0.1, 0.15) is 40.2 Å². The van der Waals surface area contributed by atoms with Crippen LogP contribution < -0.4 is 0 Å². The van der Waals surface area contributed by atoms with E-state index in [1.165, 1.54) is 11.9 Å². The summed E-state index contributed by atoms with van der Waals surface area (Å²) in [5, 5.41) is 9.42. The molecule has 3 rings (SSSR count). The quantitative estimate of drug-likeness (QED) is 0.540. The lowest BCUT2D eigenvalue weighted by molar-refractivity contribution is -0.143. The Kier molecular flexibility index (Phi) is 7.37. The Morgan fingerprint density at radius 1 is 1.03 bits per heavy atom. The number of benzene rings is 2. The number of hydrogen-bond acceptors (Lipinski definition) is 2. The van der Waals surface area contributed by atoms with E-state index in [2.05, 4.69) is 0 Å². The van der Waals surface area contributed by atoms with Crippen molar-refractivity contribution in [2.75, 3.05) is 20.1 Å². The number of carbonyl (C=O) groups is 2. The Morgan fingerprint density at radius 3 is 2.14 bits per heavy atom. The number of alkyl halides is 6. The van der Waals surface area contributed by atoms with Crippen molar-refractivity contribution in [1.82, 2.24) is 9.80 Å². The maximum atomic E-state index is 13.3. The zero-order valence-electron chi connectivity index (χ0n) is 19.0. The molecule has 5 nitrogen and oxygen atoms in total. The minimum atomic E-state index is -4.99. The molecule has 1 heterocycles. The van der Waals surface area contributed by atoms with Crippen LogP contribution in [0.15, 0.2) is 42.5 Å². The van der Waals surface area contributed by atoms with Gasteiger partial charge in [-0.2, -0.15) is 26.3 Å². The molecular weight excluding hydrogens is 478 g/mol. The van der Waals surface area contributed by atoms with Crippen molar-refractivity contribution in [3.8, 4) is 0 Å². The molecule has 11 heteroatoms. The van der Waals surface area contributed by atoms with Crippen molar-refractivity contribution in [3.63, 3.8) is 0 Å². The summed E-state index contributed by atoms with van der Waals surface area (Å²) in [4.78, 5) is 27.1. The number of hydrogen-bond donors (Lipinski definition) is 1. The summed E-state index contributed by atoms with van der Waals surface area (Å²) in [6.07, 6.45) is -10.9. The van der Waals surface area contributed by atoms with Crippen LogP contribution in [0.4, 0.5) is 31.1 Å². The Bertz CT molecular complexity index is 1070. The van der Waals surface area contributed by atoms with Crippen LogP contribution in [-0.4, -0.2) is 47.0 Å². The minimum Gasteiger partial charge on any atom is -0.465 e. The van der Waals surface area contributed by atoms with Crippen LogP contribution in [-0.2, 0) is 23.7 Å². The average molecular weight is 502 g/mol. The van der Waals surface area contributed by atoms with Gasteiger partial charge in [-0.25, -0.2) is 4.79 Å². The summed E-state index contributed by atoms with van der Waals surface area (Å²) in [5.74, 6) is -1.68. The Balaban J connectivity index is 1.89. The van der Waals surface area contributed by atoms with Gasteiger partial charge in [0.05, 0.1) is 11.1 Å². The van der Waals surface area contributed by atoms with E-state index in [4.69, 9.17) is 0 Å². The van der Waals surface area contributed by atoms with E-state index in [1.54, 1.807) is 12.1 Å². The van der Waals surface area contributed by atoms with Crippen molar-refractivity contribution in [3.05, 3.63) is 70.3 Å². The molecule has 1 aliphatic heterocycles. The molecule has 2 aromatic rings. The predicted octanol–water partition coefficient (Wildman–Crippen LogP) is 5.77. The van der Waals surface area contributed by atoms with E-state index in [9.17, 15) is 41.0 Å². The van der Waals surface area contributed by atoms with Crippen LogP contribution in [0.3, 0.4) is 0 Å². The molecule has 0 aromatic heterocycles. The van der Waals surface area contributed by atoms with E-state index in [-0.39, 0.29) is 31.1 Å². The molecule has 190 valence electrons. The number of likely N-dealkylation sites (tertiary alicyclic amines) is 1. The highest BCUT2D eigenvalue weighted by Gasteiger charge is 2.39. The first-order valence-corrected chi connectivity index (χ1v) is 10.7. The van der Waals surface area contributed by atoms with Crippen molar-refractivity contribution in [2.24, 2.45) is 5.92 Å². The monoisotopic (exact) mass is 502 g/mol. The second-order valence-electron chi connectivity index (χ2n) is 8.75. The highest BCUT2D eigenvalue weighted by molar-refractivity contribution is 5.80. The van der Waals surface area contributed by atoms with Gasteiger partial charge in [0.1, 0.15) is 0 Å². The van der Waals surface area contributed by atoms with Gasteiger partial charge in [0.25, 0.3) is 0 Å². The number of piperidine rings is 1. The molecule has 1 N–H and O–H groups in total. The summed E-state index contributed by atoms with van der Waals surface area (Å²) in [6.45, 7) is 1.51. The molecule has 35 heavy (non-hydrogen) atoms. The van der Waals surface area contributed by atoms with E-state index >= 15 is 0 Å². The fourth-order valence-electron chi connectivity index (χ4n) is 4.41. The second kappa shape index (κ2) is 9.79. The van der Waals surface area contributed by atoms with Gasteiger partial charge in [0.15, 0.2) is 0 Å². The summed E-state index contributed by atoms with van der Waals surface area (Å²) in [5.41, 5.74) is -1.57. The second-order valence-corrected chi connectivity index (χ2v) is 8.75. The van der Waals surface area contributed by atoms with Crippen molar-refractivity contribution >= 4 is 12.0 Å². The van der Waals surface area contributed by atoms with Gasteiger partial charge in [-0.3, -0.25) is 4.79 Å². The van der Waals surface area contributed by atoms with Gasteiger partial charge < -0.3 is 14.9 Å². The van der Waals surface area contributed by atoms with Crippen molar-refractivity contribution in [1.29, 1.82) is 0 Å². The molecule has 1 saturated heterocycles. The molecule has 0 aliphatic carbocycles. The van der Waals surface area contributed by atoms with Gasteiger partial charge in [-0.05, 0) is 42.7 Å². The number of nitrogens with zero attached hydrogens (tertiary/aromatic N) is 2. The molecule has 0 bridgehead atoms. The fraction of sp³-hybridized carbons (Fsp3) is 0.417. The lowest BCUT2D eigenvalue weighted by atomic mass is 9.79. The highest BCUT2D eigenvalue weighted by atomic mass is 19.4. The number of carbonyl (C=O) groups excluding carboxylic acids is 1. The third-order valence-corrected chi connectivity index (χ3v) is 6.11. The number of aryl methyl sites for hydroxylation is 1. The molecule has 2 aromatic carbocycles. The zero-order valence-corrected chi connectivity index (χ0v) is 19.0. The van der Waals surface area contributed by atoms with E-state index in [0.717, 1.165) is 16.0 Å². The first-order chi connectivity index (χ1) is 16.2. The zero-order chi connectivity index (χ0) is 26.1. The number of rotatable bonds is 4. The van der Waals surface area contributed by atoms with Crippen LogP contribution >= 0.6 is 0 Å². The molecule has 2 atom stereocenters. The summed E-state index contributed by atoms with van der Waals surface area (Å²) in [7, 11) is 1.31. The molecular formula is C24H24F6N2O3. The van der Waals surface area contributed by atoms with Crippen molar-refractivity contribution < 1.29 is 41.0 Å². The Morgan fingerprint density at radius 2 is 1.63 bits per heavy atom. The van der Waals surface area contributed by atoms with Gasteiger partial charge in [-0.1, -0.05) is 29.8 Å². The summed E-state index contributed by atoms with van der Waals surface area (Å²) in [6, 6.07) is 8.46. The third kappa shape index (κ3) is 6.26. The molecule has 0 spiro atoms. The van der Waals surface area contributed by atoms with E-state index in [0.29, 0.717) is 12.1 Å². The summed E-state index contributed by atoms with van der Waals surface area (Å²) >= 11 is 0. The van der Waals surface area contributed by atoms with Gasteiger partial charge in [0, 0.05) is 38.5 Å². The molecule has 0 radical (unpaired) electrons. The topological polar surface area (TPSA) is 60.9 Å². The SMILES string of the molecule is Cc1cccc([C@@H]2CN(C(=O)O)CC[C@H]2C(=O)N(C)Cc2cc(C(F)(F)F)cc(C(F)(F)F)c2)c1. The molecule has 1 fully saturated rings. The van der Waals surface area contributed by atoms with Gasteiger partial charge >= 0.3 is 18.4 Å². The fourth-order valence-corrected chi connectivity index (χ4v) is 4.41. The number of amides is 2. The lowest BCUT2D eigenvalue weighted by Gasteiger charge is -2.38. The minimum absolute atomic E-state index is 0.0424. The largest absolute Gasteiger partial charge is 0.465 e. The predicted molar refractivity (Wildman–Crippen MR) is 115 cm³/mol. The number of carboxylic acid groups (broad SMARTS) is 1. The maximum absolute atomic E-state index is 13.3. The first-order valence-electron chi connectivity index (χ1n) is 10.7. The third-order valence-electron chi connectivity index (χ3n) is 6.11. The molecule has 2 amide bonds. The lowest BCUT2D eigenvalue weighted by Crippen LogP contribution is -2.47. The van der Waals surface area contributed by atoms with Crippen molar-refractivity contribution in [2.45, 2.75) is 38.2 Å². The summed E-state index contributed by atoms with van der Waals surface area (Å²) < 4.78 is 79.2. The highest BCUT2D eigenvalue weighted by Crippen LogP contribution is 2.37. The maximum Gasteiger partial charge on any atom is 0.416 e. The number of halogens is 6. The van der Waals surface area contributed by atoms with Gasteiger partial charge in [0.2, 0.25) is 5.91 Å². The standard InChI is InChI=1S/C24H24F6N2O3/c1-14-4-3-5-16(8-14)20-13-32(22(34)35)7-6-19(20)21(33)31(2)12-15-9-17(23(25,26)27)11-18(10-15)24(28,29)30/h3-5,8-11,19-20H,6-7,12-13H2,1-2H3,(H,34,35)/t19-,20+/m1/s1. The Hall–Kier alpha value is -3.24. The van der Waals surface area contributed by atoms with Crippen LogP contribution in [0.2, 0.25) is 0 Å². The van der Waals surface area contributed by atoms with E-state index < -0.39 is 53.9 Å². The van der Waals surface area contributed by atoms with Crippen LogP contribution in [0.25, 0.3) is 0 Å². The smallest absolute Gasteiger partial charge is 0.416 e. The molecule has 0 saturated carbocycles. The molecule has 0 unspecified atom stereocenters.